The molecular weight excluding hydrogens is 304 g/mol. The molecule has 0 fully saturated rings. The fourth-order valence-electron chi connectivity index (χ4n) is 2.65. The third-order valence-corrected chi connectivity index (χ3v) is 3.88. The fraction of sp³-hybridized carbons (Fsp3) is 0.263. The number of carbonyl (C=O) groups is 2. The van der Waals surface area contributed by atoms with Crippen LogP contribution in [0.2, 0.25) is 0 Å². The second-order valence-corrected chi connectivity index (χ2v) is 5.67. The summed E-state index contributed by atoms with van der Waals surface area (Å²) in [5, 5.41) is 2.65. The summed E-state index contributed by atoms with van der Waals surface area (Å²) in [6.07, 6.45) is 0.960. The molecule has 0 aliphatic carbocycles. The van der Waals surface area contributed by atoms with E-state index in [9.17, 15) is 9.59 Å². The molecule has 1 heterocycles. The number of fused-ring (bicyclic) bond motifs is 1. The molecule has 2 aromatic carbocycles. The first-order valence-corrected chi connectivity index (χ1v) is 8.08. The predicted octanol–water partition coefficient (Wildman–Crippen LogP) is 2.75. The van der Waals surface area contributed by atoms with Crippen LogP contribution in [0.25, 0.3) is 0 Å². The molecule has 3 rings (SSSR count). The maximum Gasteiger partial charge on any atom is 0.253 e. The molecule has 2 aromatic rings. The lowest BCUT2D eigenvalue weighted by Gasteiger charge is -2.22. The first kappa shape index (κ1) is 16.1. The number of rotatable bonds is 5. The van der Waals surface area contributed by atoms with Crippen molar-refractivity contribution in [3.05, 3.63) is 59.7 Å². The topological polar surface area (TPSA) is 58.6 Å². The number of nitrogens with zero attached hydrogens (tertiary/aromatic N) is 1. The minimum atomic E-state index is -0.218. The SMILES string of the molecule is CCCOc1ccc(CN2C(=O)CNC(=O)c3ccccc32)cc1. The van der Waals surface area contributed by atoms with Gasteiger partial charge in [0.1, 0.15) is 5.75 Å². The Labute approximate surface area is 141 Å². The van der Waals surface area contributed by atoms with Crippen molar-refractivity contribution in [3.63, 3.8) is 0 Å². The van der Waals surface area contributed by atoms with Gasteiger partial charge in [-0.25, -0.2) is 0 Å². The van der Waals surface area contributed by atoms with Crippen molar-refractivity contribution in [2.24, 2.45) is 0 Å². The van der Waals surface area contributed by atoms with E-state index in [1.165, 1.54) is 0 Å². The molecule has 2 amide bonds. The van der Waals surface area contributed by atoms with E-state index in [1.807, 2.05) is 30.3 Å². The minimum absolute atomic E-state index is 0.00517. The zero-order valence-electron chi connectivity index (χ0n) is 13.6. The van der Waals surface area contributed by atoms with Crippen LogP contribution < -0.4 is 15.0 Å². The quantitative estimate of drug-likeness (QED) is 0.920. The van der Waals surface area contributed by atoms with Crippen molar-refractivity contribution >= 4 is 17.5 Å². The van der Waals surface area contributed by atoms with E-state index in [2.05, 4.69) is 12.2 Å². The number of nitrogens with one attached hydrogen (secondary N) is 1. The summed E-state index contributed by atoms with van der Waals surface area (Å²) in [6, 6.07) is 14.9. The van der Waals surface area contributed by atoms with Gasteiger partial charge in [-0.1, -0.05) is 31.2 Å². The molecule has 24 heavy (non-hydrogen) atoms. The Bertz CT molecular complexity index is 741. The summed E-state index contributed by atoms with van der Waals surface area (Å²) < 4.78 is 5.58. The van der Waals surface area contributed by atoms with E-state index >= 15 is 0 Å². The molecule has 0 spiro atoms. The van der Waals surface area contributed by atoms with Crippen LogP contribution in [-0.4, -0.2) is 25.0 Å². The fourth-order valence-corrected chi connectivity index (χ4v) is 2.65. The third kappa shape index (κ3) is 3.40. The molecule has 1 aliphatic rings. The van der Waals surface area contributed by atoms with Gasteiger partial charge in [0.25, 0.3) is 5.91 Å². The largest absolute Gasteiger partial charge is 0.494 e. The summed E-state index contributed by atoms with van der Waals surface area (Å²) in [4.78, 5) is 26.2. The Morgan fingerprint density at radius 3 is 2.58 bits per heavy atom. The van der Waals surface area contributed by atoms with Crippen LogP contribution in [0, 0.1) is 0 Å². The van der Waals surface area contributed by atoms with E-state index in [1.54, 1.807) is 23.1 Å². The van der Waals surface area contributed by atoms with Gasteiger partial charge in [0.15, 0.2) is 0 Å². The number of amides is 2. The molecule has 0 radical (unpaired) electrons. The van der Waals surface area contributed by atoms with Gasteiger partial charge in [0.2, 0.25) is 5.91 Å². The Morgan fingerprint density at radius 2 is 1.83 bits per heavy atom. The number of ether oxygens (including phenoxy) is 1. The van der Waals surface area contributed by atoms with Crippen LogP contribution in [-0.2, 0) is 11.3 Å². The maximum absolute atomic E-state index is 12.4. The normalized spacial score (nSPS) is 14.0. The van der Waals surface area contributed by atoms with E-state index in [-0.39, 0.29) is 18.4 Å². The monoisotopic (exact) mass is 324 g/mol. The van der Waals surface area contributed by atoms with Crippen LogP contribution in [0.1, 0.15) is 29.3 Å². The molecule has 0 saturated heterocycles. The van der Waals surface area contributed by atoms with Crippen LogP contribution in [0.15, 0.2) is 48.5 Å². The Balaban J connectivity index is 1.84. The molecule has 0 unspecified atom stereocenters. The van der Waals surface area contributed by atoms with Crippen LogP contribution in [0.4, 0.5) is 5.69 Å². The van der Waals surface area contributed by atoms with Crippen molar-refractivity contribution in [3.8, 4) is 5.75 Å². The van der Waals surface area contributed by atoms with Gasteiger partial charge >= 0.3 is 0 Å². The van der Waals surface area contributed by atoms with Gasteiger partial charge in [-0.15, -0.1) is 0 Å². The average molecular weight is 324 g/mol. The van der Waals surface area contributed by atoms with Crippen molar-refractivity contribution in [2.75, 3.05) is 18.1 Å². The van der Waals surface area contributed by atoms with Gasteiger partial charge in [0.05, 0.1) is 30.9 Å². The highest BCUT2D eigenvalue weighted by Gasteiger charge is 2.25. The van der Waals surface area contributed by atoms with Gasteiger partial charge < -0.3 is 15.0 Å². The summed E-state index contributed by atoms with van der Waals surface area (Å²) in [7, 11) is 0. The lowest BCUT2D eigenvalue weighted by atomic mass is 10.1. The molecule has 1 aliphatic heterocycles. The first-order chi connectivity index (χ1) is 11.7. The molecule has 0 aromatic heterocycles. The summed E-state index contributed by atoms with van der Waals surface area (Å²) in [5.74, 6) is 0.476. The third-order valence-electron chi connectivity index (χ3n) is 3.88. The standard InChI is InChI=1S/C19H20N2O3/c1-2-11-24-15-9-7-14(8-10-15)13-21-17-6-4-3-5-16(17)19(23)20-12-18(21)22/h3-10H,2,11-13H2,1H3,(H,20,23). The van der Waals surface area contributed by atoms with Crippen molar-refractivity contribution in [2.45, 2.75) is 19.9 Å². The highest BCUT2D eigenvalue weighted by Crippen LogP contribution is 2.25. The molecule has 124 valence electrons. The summed E-state index contributed by atoms with van der Waals surface area (Å²) in [5.41, 5.74) is 2.14. The van der Waals surface area contributed by atoms with Gasteiger partial charge in [-0.3, -0.25) is 9.59 Å². The van der Waals surface area contributed by atoms with Crippen LogP contribution >= 0.6 is 0 Å². The number of anilines is 1. The molecule has 0 bridgehead atoms. The van der Waals surface area contributed by atoms with Gasteiger partial charge in [-0.2, -0.15) is 0 Å². The highest BCUT2D eigenvalue weighted by atomic mass is 16.5. The number of benzene rings is 2. The van der Waals surface area contributed by atoms with Gasteiger partial charge in [-0.05, 0) is 36.2 Å². The summed E-state index contributed by atoms with van der Waals surface area (Å²) >= 11 is 0. The van der Waals surface area contributed by atoms with Crippen molar-refractivity contribution in [1.29, 1.82) is 0 Å². The molecule has 5 heteroatoms. The zero-order chi connectivity index (χ0) is 16.9. The number of para-hydroxylation sites is 1. The van der Waals surface area contributed by atoms with Crippen LogP contribution in [0.3, 0.4) is 0 Å². The smallest absolute Gasteiger partial charge is 0.253 e. The lowest BCUT2D eigenvalue weighted by Crippen LogP contribution is -2.36. The highest BCUT2D eigenvalue weighted by molar-refractivity contribution is 6.09. The number of carbonyl (C=O) groups excluding carboxylic acids is 2. The number of hydrogen-bond acceptors (Lipinski definition) is 3. The second-order valence-electron chi connectivity index (χ2n) is 5.67. The molecule has 0 atom stereocenters. The van der Waals surface area contributed by atoms with E-state index < -0.39 is 0 Å². The zero-order valence-corrected chi connectivity index (χ0v) is 13.6. The van der Waals surface area contributed by atoms with Crippen molar-refractivity contribution in [1.82, 2.24) is 5.32 Å². The molecule has 1 N–H and O–H groups in total. The Morgan fingerprint density at radius 1 is 1.08 bits per heavy atom. The molecular formula is C19H20N2O3. The average Bonchev–Trinajstić information content (AvgIpc) is 2.73. The van der Waals surface area contributed by atoms with Crippen molar-refractivity contribution < 1.29 is 14.3 Å². The molecule has 0 saturated carbocycles. The Kier molecular flexibility index (Phi) is 4.79. The minimum Gasteiger partial charge on any atom is -0.494 e. The van der Waals surface area contributed by atoms with E-state index in [0.29, 0.717) is 24.4 Å². The van der Waals surface area contributed by atoms with E-state index in [0.717, 1.165) is 17.7 Å². The van der Waals surface area contributed by atoms with Crippen LogP contribution in [0.5, 0.6) is 5.75 Å². The number of hydrogen-bond donors (Lipinski definition) is 1. The van der Waals surface area contributed by atoms with Gasteiger partial charge in [0, 0.05) is 0 Å². The second kappa shape index (κ2) is 7.17. The lowest BCUT2D eigenvalue weighted by molar-refractivity contribution is -0.117. The first-order valence-electron chi connectivity index (χ1n) is 8.08. The predicted molar refractivity (Wildman–Crippen MR) is 92.2 cm³/mol. The maximum atomic E-state index is 12.4. The molecule has 5 nitrogen and oxygen atoms in total. The summed E-state index contributed by atoms with van der Waals surface area (Å²) in [6.45, 7) is 3.17. The Hall–Kier alpha value is -2.82. The van der Waals surface area contributed by atoms with E-state index in [4.69, 9.17) is 4.74 Å².